The number of aryl methyl sites for hydroxylation is 2. The van der Waals surface area contributed by atoms with Gasteiger partial charge in [-0.3, -0.25) is 10.1 Å². The Bertz CT molecular complexity index is 450. The van der Waals surface area contributed by atoms with Crippen LogP contribution in [0.2, 0.25) is 0 Å². The van der Waals surface area contributed by atoms with E-state index in [-0.39, 0.29) is 0 Å². The van der Waals surface area contributed by atoms with Crippen molar-refractivity contribution in [3.63, 3.8) is 0 Å². The molecule has 23 heavy (non-hydrogen) atoms. The highest BCUT2D eigenvalue weighted by molar-refractivity contribution is 5.80. The molecule has 132 valence electrons. The van der Waals surface area contributed by atoms with Gasteiger partial charge in [-0.2, -0.15) is 5.10 Å². The van der Waals surface area contributed by atoms with Gasteiger partial charge in [-0.25, -0.2) is 0 Å². The first kappa shape index (κ1) is 19.5. The highest BCUT2D eigenvalue weighted by atomic mass is 15.2. The Morgan fingerprint density at radius 1 is 1.26 bits per heavy atom. The predicted molar refractivity (Wildman–Crippen MR) is 98.9 cm³/mol. The van der Waals surface area contributed by atoms with Gasteiger partial charge < -0.3 is 10.6 Å². The van der Waals surface area contributed by atoms with Crippen molar-refractivity contribution in [2.75, 3.05) is 13.1 Å². The Hall–Kier alpha value is -1.52. The lowest BCUT2D eigenvalue weighted by molar-refractivity contribution is 0.491. The minimum Gasteiger partial charge on any atom is -0.357 e. The van der Waals surface area contributed by atoms with Crippen LogP contribution in [0.25, 0.3) is 0 Å². The Morgan fingerprint density at radius 2 is 2.04 bits per heavy atom. The van der Waals surface area contributed by atoms with Crippen molar-refractivity contribution in [2.45, 2.75) is 72.8 Å². The Kier molecular flexibility index (Phi) is 9.41. The molecule has 0 amide bonds. The molecule has 0 saturated heterocycles. The van der Waals surface area contributed by atoms with Crippen LogP contribution in [-0.2, 0) is 6.42 Å². The maximum absolute atomic E-state index is 4.69. The molecule has 0 saturated carbocycles. The number of aliphatic imine (C=N–C) groups is 1. The van der Waals surface area contributed by atoms with Gasteiger partial charge in [0.05, 0.1) is 6.20 Å². The van der Waals surface area contributed by atoms with E-state index in [0.717, 1.165) is 43.5 Å². The number of aromatic amines is 1. The molecule has 0 aliphatic heterocycles. The number of guanidine groups is 1. The quantitative estimate of drug-likeness (QED) is 0.351. The van der Waals surface area contributed by atoms with Gasteiger partial charge >= 0.3 is 0 Å². The zero-order valence-electron chi connectivity index (χ0n) is 15.6. The van der Waals surface area contributed by atoms with E-state index in [9.17, 15) is 0 Å². The molecule has 1 atom stereocenters. The summed E-state index contributed by atoms with van der Waals surface area (Å²) in [6.45, 7) is 12.7. The topological polar surface area (TPSA) is 65.1 Å². The second-order valence-electron chi connectivity index (χ2n) is 6.75. The van der Waals surface area contributed by atoms with Gasteiger partial charge in [-0.05, 0) is 51.5 Å². The molecule has 1 aromatic rings. The van der Waals surface area contributed by atoms with Crippen LogP contribution in [0.5, 0.6) is 0 Å². The molecule has 0 radical (unpaired) electrons. The van der Waals surface area contributed by atoms with Crippen molar-refractivity contribution in [3.8, 4) is 0 Å². The van der Waals surface area contributed by atoms with Gasteiger partial charge in [0.25, 0.3) is 0 Å². The van der Waals surface area contributed by atoms with Crippen molar-refractivity contribution >= 4 is 5.96 Å². The van der Waals surface area contributed by atoms with Crippen molar-refractivity contribution in [2.24, 2.45) is 10.9 Å². The van der Waals surface area contributed by atoms with Crippen LogP contribution >= 0.6 is 0 Å². The van der Waals surface area contributed by atoms with Crippen molar-refractivity contribution in [1.29, 1.82) is 0 Å². The lowest BCUT2D eigenvalue weighted by atomic mass is 10.0. The molecule has 0 aliphatic carbocycles. The number of nitrogens with one attached hydrogen (secondary N) is 3. The van der Waals surface area contributed by atoms with E-state index in [4.69, 9.17) is 0 Å². The molecule has 0 spiro atoms. The maximum atomic E-state index is 4.69. The molecule has 1 rings (SSSR count). The van der Waals surface area contributed by atoms with Crippen LogP contribution in [0.15, 0.2) is 11.2 Å². The molecule has 1 heterocycles. The fraction of sp³-hybridized carbons (Fsp3) is 0.778. The number of hydrogen-bond donors (Lipinski definition) is 3. The molecule has 5 nitrogen and oxygen atoms in total. The SMILES string of the molecule is CCNC(=NCCCc1cn[nH]c1C)NC(C)CCCC(C)C. The van der Waals surface area contributed by atoms with Crippen LogP contribution in [0.4, 0.5) is 0 Å². The Balaban J connectivity index is 2.32. The average Bonchev–Trinajstić information content (AvgIpc) is 2.88. The van der Waals surface area contributed by atoms with Crippen LogP contribution < -0.4 is 10.6 Å². The van der Waals surface area contributed by atoms with Crippen molar-refractivity contribution in [3.05, 3.63) is 17.5 Å². The van der Waals surface area contributed by atoms with Gasteiger partial charge in [0, 0.05) is 24.8 Å². The maximum Gasteiger partial charge on any atom is 0.191 e. The number of aromatic nitrogens is 2. The summed E-state index contributed by atoms with van der Waals surface area (Å²) in [5, 5.41) is 13.9. The number of H-pyrrole nitrogens is 1. The minimum absolute atomic E-state index is 0.461. The van der Waals surface area contributed by atoms with Crippen molar-refractivity contribution < 1.29 is 0 Å². The molecule has 0 fully saturated rings. The molecule has 1 unspecified atom stereocenters. The molecular weight excluding hydrogens is 286 g/mol. The van der Waals surface area contributed by atoms with E-state index in [0.29, 0.717) is 6.04 Å². The zero-order valence-corrected chi connectivity index (χ0v) is 15.6. The van der Waals surface area contributed by atoms with Gasteiger partial charge in [0.1, 0.15) is 0 Å². The second-order valence-corrected chi connectivity index (χ2v) is 6.75. The second kappa shape index (κ2) is 11.1. The monoisotopic (exact) mass is 321 g/mol. The predicted octanol–water partition coefficient (Wildman–Crippen LogP) is 3.42. The summed E-state index contributed by atoms with van der Waals surface area (Å²) in [4.78, 5) is 4.69. The van der Waals surface area contributed by atoms with Gasteiger partial charge in [0.2, 0.25) is 0 Å². The van der Waals surface area contributed by atoms with Crippen molar-refractivity contribution in [1.82, 2.24) is 20.8 Å². The summed E-state index contributed by atoms with van der Waals surface area (Å²) in [7, 11) is 0. The first-order chi connectivity index (χ1) is 11.0. The van der Waals surface area contributed by atoms with E-state index >= 15 is 0 Å². The third-order valence-corrected chi connectivity index (χ3v) is 3.95. The fourth-order valence-corrected chi connectivity index (χ4v) is 2.55. The lowest BCUT2D eigenvalue weighted by Gasteiger charge is -2.18. The van der Waals surface area contributed by atoms with Crippen LogP contribution in [0.1, 0.15) is 64.6 Å². The van der Waals surface area contributed by atoms with Gasteiger partial charge in [-0.1, -0.05) is 26.7 Å². The average molecular weight is 322 g/mol. The van der Waals surface area contributed by atoms with E-state index in [1.54, 1.807) is 0 Å². The van der Waals surface area contributed by atoms with E-state index in [1.807, 2.05) is 6.20 Å². The smallest absolute Gasteiger partial charge is 0.191 e. The van der Waals surface area contributed by atoms with Gasteiger partial charge in [-0.15, -0.1) is 0 Å². The van der Waals surface area contributed by atoms with Gasteiger partial charge in [0.15, 0.2) is 5.96 Å². The molecule has 1 aromatic heterocycles. The summed E-state index contributed by atoms with van der Waals surface area (Å²) in [5.74, 6) is 1.73. The summed E-state index contributed by atoms with van der Waals surface area (Å²) in [6.07, 6.45) is 7.73. The first-order valence-corrected chi connectivity index (χ1v) is 9.06. The zero-order chi connectivity index (χ0) is 17.1. The Morgan fingerprint density at radius 3 is 2.65 bits per heavy atom. The highest BCUT2D eigenvalue weighted by Gasteiger charge is 2.06. The van der Waals surface area contributed by atoms with E-state index in [1.165, 1.54) is 24.8 Å². The molecule has 0 aromatic carbocycles. The minimum atomic E-state index is 0.461. The largest absolute Gasteiger partial charge is 0.357 e. The highest BCUT2D eigenvalue weighted by Crippen LogP contribution is 2.08. The van der Waals surface area contributed by atoms with Crippen LogP contribution in [-0.4, -0.2) is 35.3 Å². The molecule has 3 N–H and O–H groups in total. The summed E-state index contributed by atoms with van der Waals surface area (Å²) in [5.41, 5.74) is 2.46. The summed E-state index contributed by atoms with van der Waals surface area (Å²) < 4.78 is 0. The molecular formula is C18H35N5. The lowest BCUT2D eigenvalue weighted by Crippen LogP contribution is -2.42. The fourth-order valence-electron chi connectivity index (χ4n) is 2.55. The normalized spacial score (nSPS) is 13.4. The van der Waals surface area contributed by atoms with E-state index in [2.05, 4.69) is 60.4 Å². The summed E-state index contributed by atoms with van der Waals surface area (Å²) in [6, 6.07) is 0.461. The number of hydrogen-bond acceptors (Lipinski definition) is 2. The van der Waals surface area contributed by atoms with Crippen LogP contribution in [0, 0.1) is 12.8 Å². The first-order valence-electron chi connectivity index (χ1n) is 9.06. The third-order valence-electron chi connectivity index (χ3n) is 3.95. The summed E-state index contributed by atoms with van der Waals surface area (Å²) >= 11 is 0. The van der Waals surface area contributed by atoms with Crippen LogP contribution in [0.3, 0.4) is 0 Å². The standard InChI is InChI=1S/C18H35N5/c1-6-19-18(22-15(4)10-7-9-14(2)3)20-12-8-11-17-13-21-23-16(17)5/h13-15H,6-12H2,1-5H3,(H,21,23)(H2,19,20,22). The molecule has 0 bridgehead atoms. The molecule has 5 heteroatoms. The number of nitrogens with zero attached hydrogens (tertiary/aromatic N) is 2. The van der Waals surface area contributed by atoms with E-state index < -0.39 is 0 Å². The molecule has 0 aliphatic rings. The number of rotatable bonds is 10. The third kappa shape index (κ3) is 8.62. The Labute approximate surface area is 141 Å².